The maximum Gasteiger partial charge on any atom is 0.180 e. The number of hydrogen-bond acceptors (Lipinski definition) is 2. The van der Waals surface area contributed by atoms with Crippen molar-refractivity contribution >= 4 is 0 Å². The average molecular weight is 248 g/mol. The highest BCUT2D eigenvalue weighted by Gasteiger charge is 2.05. The molecule has 0 aliphatic carbocycles. The SMILES string of the molecule is COc1cccc(C#Cc2cc(CF)n[nH]2)c1F. The third-order valence-corrected chi connectivity index (χ3v) is 2.28. The minimum Gasteiger partial charge on any atom is -0.494 e. The fourth-order valence-electron chi connectivity index (χ4n) is 1.40. The van der Waals surface area contributed by atoms with Gasteiger partial charge < -0.3 is 4.74 Å². The number of hydrogen-bond donors (Lipinski definition) is 1. The Morgan fingerprint density at radius 1 is 1.39 bits per heavy atom. The number of halogens is 2. The van der Waals surface area contributed by atoms with Gasteiger partial charge in [0.15, 0.2) is 11.6 Å². The number of benzene rings is 1. The van der Waals surface area contributed by atoms with Crippen LogP contribution in [0.5, 0.6) is 5.75 Å². The molecule has 0 amide bonds. The Hall–Kier alpha value is -2.35. The summed E-state index contributed by atoms with van der Waals surface area (Å²) in [7, 11) is 1.39. The van der Waals surface area contributed by atoms with Crippen LogP contribution in [0, 0.1) is 17.7 Å². The van der Waals surface area contributed by atoms with E-state index in [4.69, 9.17) is 4.74 Å². The molecule has 0 unspecified atom stereocenters. The molecule has 5 heteroatoms. The number of methoxy groups -OCH3 is 1. The molecule has 92 valence electrons. The summed E-state index contributed by atoms with van der Waals surface area (Å²) < 4.78 is 30.8. The molecule has 0 radical (unpaired) electrons. The van der Waals surface area contributed by atoms with Crippen molar-refractivity contribution in [2.24, 2.45) is 0 Å². The zero-order valence-corrected chi connectivity index (χ0v) is 9.63. The molecule has 1 aromatic heterocycles. The molecule has 0 saturated heterocycles. The van der Waals surface area contributed by atoms with Crippen LogP contribution in [0.3, 0.4) is 0 Å². The van der Waals surface area contributed by atoms with Crippen molar-refractivity contribution in [3.8, 4) is 17.6 Å². The van der Waals surface area contributed by atoms with Crippen LogP contribution >= 0.6 is 0 Å². The second-order valence-corrected chi connectivity index (χ2v) is 3.48. The molecule has 18 heavy (non-hydrogen) atoms. The highest BCUT2D eigenvalue weighted by atomic mass is 19.1. The molecule has 2 aromatic rings. The molecule has 2 rings (SSSR count). The van der Waals surface area contributed by atoms with Crippen LogP contribution < -0.4 is 4.74 Å². The summed E-state index contributed by atoms with van der Waals surface area (Å²) in [6.07, 6.45) is 0. The van der Waals surface area contributed by atoms with E-state index in [0.29, 0.717) is 5.69 Å². The Morgan fingerprint density at radius 2 is 2.22 bits per heavy atom. The topological polar surface area (TPSA) is 37.9 Å². The van der Waals surface area contributed by atoms with E-state index in [1.165, 1.54) is 25.3 Å². The van der Waals surface area contributed by atoms with Crippen LogP contribution in [0.15, 0.2) is 24.3 Å². The largest absolute Gasteiger partial charge is 0.494 e. The van der Waals surface area contributed by atoms with Crippen LogP contribution in [0.2, 0.25) is 0 Å². The average Bonchev–Trinajstić information content (AvgIpc) is 2.85. The minimum absolute atomic E-state index is 0.135. The first-order valence-electron chi connectivity index (χ1n) is 5.19. The normalized spacial score (nSPS) is 9.72. The van der Waals surface area contributed by atoms with E-state index < -0.39 is 12.5 Å². The monoisotopic (exact) mass is 248 g/mol. The molecule has 0 spiro atoms. The third kappa shape index (κ3) is 2.48. The number of alkyl halides is 1. The first-order valence-corrected chi connectivity index (χ1v) is 5.19. The van der Waals surface area contributed by atoms with Crippen molar-refractivity contribution in [3.05, 3.63) is 47.0 Å². The lowest BCUT2D eigenvalue weighted by molar-refractivity contribution is 0.386. The van der Waals surface area contributed by atoms with E-state index in [9.17, 15) is 8.78 Å². The lowest BCUT2D eigenvalue weighted by atomic mass is 10.2. The van der Waals surface area contributed by atoms with Crippen molar-refractivity contribution in [2.45, 2.75) is 6.67 Å². The molecule has 3 nitrogen and oxygen atoms in total. The maximum absolute atomic E-state index is 13.7. The second kappa shape index (κ2) is 5.32. The van der Waals surface area contributed by atoms with Gasteiger partial charge in [-0.25, -0.2) is 8.78 Å². The summed E-state index contributed by atoms with van der Waals surface area (Å²) in [6, 6.07) is 6.17. The number of H-pyrrole nitrogens is 1. The summed E-state index contributed by atoms with van der Waals surface area (Å²) in [4.78, 5) is 0. The van der Waals surface area contributed by atoms with Gasteiger partial charge >= 0.3 is 0 Å². The fraction of sp³-hybridized carbons (Fsp3) is 0.154. The summed E-state index contributed by atoms with van der Waals surface area (Å²) >= 11 is 0. The standard InChI is InChI=1S/C13H10F2N2O/c1-18-12-4-2-3-9(13(12)15)5-6-10-7-11(8-14)17-16-10/h2-4,7H,8H2,1H3,(H,16,17). The number of ether oxygens (including phenoxy) is 1. The Morgan fingerprint density at radius 3 is 2.89 bits per heavy atom. The molecular weight excluding hydrogens is 238 g/mol. The molecule has 0 atom stereocenters. The Kier molecular flexibility index (Phi) is 3.58. The van der Waals surface area contributed by atoms with Crippen LogP contribution in [-0.2, 0) is 6.67 Å². The van der Waals surface area contributed by atoms with Crippen LogP contribution in [0.1, 0.15) is 17.0 Å². The number of aromatic amines is 1. The minimum atomic E-state index is -0.661. The van der Waals surface area contributed by atoms with E-state index in [1.54, 1.807) is 6.07 Å². The fourth-order valence-corrected chi connectivity index (χ4v) is 1.40. The third-order valence-electron chi connectivity index (χ3n) is 2.28. The quantitative estimate of drug-likeness (QED) is 0.829. The summed E-state index contributed by atoms with van der Waals surface area (Å²) in [5, 5.41) is 6.24. The van der Waals surface area contributed by atoms with Gasteiger partial charge in [-0.1, -0.05) is 12.0 Å². The van der Waals surface area contributed by atoms with Crippen molar-refractivity contribution < 1.29 is 13.5 Å². The molecule has 1 heterocycles. The molecular formula is C13H10F2N2O. The predicted molar refractivity (Wildman–Crippen MR) is 62.3 cm³/mol. The van der Waals surface area contributed by atoms with Crippen molar-refractivity contribution in [1.82, 2.24) is 10.2 Å². The van der Waals surface area contributed by atoms with Crippen LogP contribution in [0.25, 0.3) is 0 Å². The lowest BCUT2D eigenvalue weighted by Crippen LogP contribution is -1.90. The zero-order chi connectivity index (χ0) is 13.0. The molecule has 0 aliphatic rings. The summed E-state index contributed by atoms with van der Waals surface area (Å²) in [5.74, 6) is 4.94. The highest BCUT2D eigenvalue weighted by Crippen LogP contribution is 2.19. The number of rotatable bonds is 2. The van der Waals surface area contributed by atoms with E-state index >= 15 is 0 Å². The molecule has 1 N–H and O–H groups in total. The number of nitrogens with one attached hydrogen (secondary N) is 1. The Labute approximate surface area is 103 Å². The van der Waals surface area contributed by atoms with Crippen LogP contribution in [0.4, 0.5) is 8.78 Å². The van der Waals surface area contributed by atoms with E-state index in [-0.39, 0.29) is 17.0 Å². The molecule has 0 aliphatic heterocycles. The molecule has 0 saturated carbocycles. The number of nitrogens with zero attached hydrogens (tertiary/aromatic N) is 1. The van der Waals surface area contributed by atoms with Gasteiger partial charge in [-0.2, -0.15) is 5.10 Å². The van der Waals surface area contributed by atoms with Gasteiger partial charge in [-0.3, -0.25) is 5.10 Å². The van der Waals surface area contributed by atoms with Gasteiger partial charge in [0.2, 0.25) is 0 Å². The highest BCUT2D eigenvalue weighted by molar-refractivity contribution is 5.44. The van der Waals surface area contributed by atoms with Gasteiger partial charge in [0, 0.05) is 0 Å². The van der Waals surface area contributed by atoms with Gasteiger partial charge in [-0.05, 0) is 24.1 Å². The smallest absolute Gasteiger partial charge is 0.180 e. The van der Waals surface area contributed by atoms with Gasteiger partial charge in [-0.15, -0.1) is 0 Å². The van der Waals surface area contributed by atoms with E-state index in [0.717, 1.165) is 0 Å². The molecule has 0 fully saturated rings. The van der Waals surface area contributed by atoms with Gasteiger partial charge in [0.1, 0.15) is 12.4 Å². The van der Waals surface area contributed by atoms with Gasteiger partial charge in [0.05, 0.1) is 18.4 Å². The molecule has 1 aromatic carbocycles. The van der Waals surface area contributed by atoms with Crippen LogP contribution in [-0.4, -0.2) is 17.3 Å². The first-order chi connectivity index (χ1) is 8.74. The Bertz CT molecular complexity index is 611. The van der Waals surface area contributed by atoms with E-state index in [2.05, 4.69) is 22.0 Å². The zero-order valence-electron chi connectivity index (χ0n) is 9.63. The predicted octanol–water partition coefficient (Wildman–Crippen LogP) is 2.43. The van der Waals surface area contributed by atoms with Crippen molar-refractivity contribution in [1.29, 1.82) is 0 Å². The summed E-state index contributed by atoms with van der Waals surface area (Å²) in [6.45, 7) is -0.661. The lowest BCUT2D eigenvalue weighted by Gasteiger charge is -2.01. The first kappa shape index (κ1) is 12.1. The van der Waals surface area contributed by atoms with Crippen molar-refractivity contribution in [3.63, 3.8) is 0 Å². The van der Waals surface area contributed by atoms with E-state index in [1.807, 2.05) is 0 Å². The second-order valence-electron chi connectivity index (χ2n) is 3.48. The maximum atomic E-state index is 13.7. The Balaban J connectivity index is 2.29. The number of aromatic nitrogens is 2. The van der Waals surface area contributed by atoms with Gasteiger partial charge in [0.25, 0.3) is 0 Å². The van der Waals surface area contributed by atoms with Crippen molar-refractivity contribution in [2.75, 3.05) is 7.11 Å². The summed E-state index contributed by atoms with van der Waals surface area (Å²) in [5.41, 5.74) is 0.918. The molecule has 0 bridgehead atoms.